The van der Waals surface area contributed by atoms with Crippen molar-refractivity contribution in [3.63, 3.8) is 0 Å². The number of aromatic nitrogens is 4. The number of nitrogens with zero attached hydrogens (tertiary/aromatic N) is 5. The lowest BCUT2D eigenvalue weighted by molar-refractivity contribution is -0.122. The van der Waals surface area contributed by atoms with E-state index in [9.17, 15) is 13.2 Å². The molecule has 1 aliphatic rings. The Morgan fingerprint density at radius 2 is 1.90 bits per heavy atom. The number of hydrogen-bond donors (Lipinski definition) is 3. The van der Waals surface area contributed by atoms with Crippen LogP contribution in [0.25, 0.3) is 22.2 Å². The maximum atomic E-state index is 15.1. The van der Waals surface area contributed by atoms with Gasteiger partial charge in [-0.2, -0.15) is 0 Å². The molecule has 1 saturated heterocycles. The Balaban J connectivity index is 1.43. The maximum Gasteiger partial charge on any atom is 0.242 e. The molecule has 0 radical (unpaired) electrons. The highest BCUT2D eigenvalue weighted by atomic mass is 32.2. The lowest BCUT2D eigenvalue weighted by atomic mass is 10.1. The van der Waals surface area contributed by atoms with Crippen LogP contribution in [-0.4, -0.2) is 89.1 Å². The summed E-state index contributed by atoms with van der Waals surface area (Å²) in [4.78, 5) is 34.0. The minimum absolute atomic E-state index is 0.0433. The van der Waals surface area contributed by atoms with Gasteiger partial charge in [0.25, 0.3) is 0 Å². The number of fused-ring (bicyclic) bond motifs is 1. The quantitative estimate of drug-likeness (QED) is 0.263. The lowest BCUT2D eigenvalue weighted by Gasteiger charge is -2.36. The third-order valence-electron chi connectivity index (χ3n) is 7.66. The molecule has 11 nitrogen and oxygen atoms in total. The van der Waals surface area contributed by atoms with Crippen molar-refractivity contribution in [2.75, 3.05) is 49.6 Å². The van der Waals surface area contributed by atoms with Crippen LogP contribution in [0.15, 0.2) is 47.8 Å². The first-order chi connectivity index (χ1) is 20.1. The highest BCUT2D eigenvalue weighted by Gasteiger charge is 2.28. The fourth-order valence-corrected chi connectivity index (χ4v) is 6.17. The Kier molecular flexibility index (Phi) is 8.53. The Hall–Kier alpha value is -3.94. The third kappa shape index (κ3) is 5.85. The zero-order valence-corrected chi connectivity index (χ0v) is 24.9. The second kappa shape index (κ2) is 12.1. The van der Waals surface area contributed by atoms with E-state index < -0.39 is 15.7 Å². The lowest BCUT2D eigenvalue weighted by Crippen LogP contribution is -2.52. The summed E-state index contributed by atoms with van der Waals surface area (Å²) in [5.41, 5.74) is 2.72. The Bertz CT molecular complexity index is 1720. The number of anilines is 3. The van der Waals surface area contributed by atoms with Gasteiger partial charge in [-0.05, 0) is 44.2 Å². The van der Waals surface area contributed by atoms with E-state index in [-0.39, 0.29) is 34.2 Å². The first kappa shape index (κ1) is 29.5. The molecular formula is C29H35FN8O3S. The third-order valence-corrected chi connectivity index (χ3v) is 9.41. The number of rotatable bonds is 9. The summed E-state index contributed by atoms with van der Waals surface area (Å²) >= 11 is 0. The monoisotopic (exact) mass is 594 g/mol. The minimum Gasteiger partial charge on any atom is -0.357 e. The van der Waals surface area contributed by atoms with Gasteiger partial charge in [0.2, 0.25) is 11.9 Å². The summed E-state index contributed by atoms with van der Waals surface area (Å²) in [6.45, 7) is 8.84. The second-order valence-electron chi connectivity index (χ2n) is 10.4. The van der Waals surface area contributed by atoms with Crippen molar-refractivity contribution in [2.45, 2.75) is 38.1 Å². The SMILES string of the molecule is CCC(C(=O)Nc1nccc2c(-c3nc(Nc4cccc(S(=O)(=O)CC)c4F)ncc3C)c[nH]c12)N1CCN(C)CC1. The number of aromatic amines is 1. The van der Waals surface area contributed by atoms with Crippen molar-refractivity contribution in [3.05, 3.63) is 54.2 Å². The highest BCUT2D eigenvalue weighted by Crippen LogP contribution is 2.33. The molecule has 1 atom stereocenters. The van der Waals surface area contributed by atoms with Crippen LogP contribution in [0, 0.1) is 12.7 Å². The number of hydrogen-bond acceptors (Lipinski definition) is 9. The largest absolute Gasteiger partial charge is 0.357 e. The summed E-state index contributed by atoms with van der Waals surface area (Å²) in [6, 6.07) is 5.73. The number of pyridine rings is 1. The number of likely N-dealkylation sites (N-methyl/N-ethyl adjacent to an activating group) is 1. The number of aryl methyl sites for hydroxylation is 1. The average Bonchev–Trinajstić information content (AvgIpc) is 3.41. The zero-order valence-electron chi connectivity index (χ0n) is 24.1. The molecule has 42 heavy (non-hydrogen) atoms. The topological polar surface area (TPSA) is 136 Å². The number of piperazine rings is 1. The summed E-state index contributed by atoms with van der Waals surface area (Å²) in [5, 5.41) is 6.65. The van der Waals surface area contributed by atoms with E-state index in [1.54, 1.807) is 18.6 Å². The van der Waals surface area contributed by atoms with Gasteiger partial charge in [-0.25, -0.2) is 27.8 Å². The van der Waals surface area contributed by atoms with Crippen LogP contribution in [0.4, 0.5) is 21.8 Å². The van der Waals surface area contributed by atoms with Crippen molar-refractivity contribution in [1.29, 1.82) is 0 Å². The van der Waals surface area contributed by atoms with Crippen molar-refractivity contribution in [3.8, 4) is 11.3 Å². The Morgan fingerprint density at radius 3 is 2.62 bits per heavy atom. The molecule has 13 heteroatoms. The minimum atomic E-state index is -3.75. The zero-order chi connectivity index (χ0) is 30.0. The van der Waals surface area contributed by atoms with Crippen molar-refractivity contribution in [1.82, 2.24) is 29.7 Å². The van der Waals surface area contributed by atoms with Crippen LogP contribution in [-0.2, 0) is 14.6 Å². The molecule has 0 spiro atoms. The van der Waals surface area contributed by atoms with Gasteiger partial charge < -0.3 is 20.5 Å². The number of H-pyrrole nitrogens is 1. The van der Waals surface area contributed by atoms with Gasteiger partial charge in [-0.15, -0.1) is 0 Å². The standard InChI is InChI=1S/C29H35FN8O3S/c1-5-22(38-14-12-37(4)13-15-38)28(39)36-27-26-19(10-11-31-27)20(17-32-26)25-18(3)16-33-29(35-25)34-21-8-7-9-23(24(21)30)42(40,41)6-2/h7-11,16-17,22,32H,5-6,12-15H2,1-4H3,(H,31,36,39)(H,33,34,35). The molecule has 1 aromatic carbocycles. The van der Waals surface area contributed by atoms with Crippen molar-refractivity contribution in [2.24, 2.45) is 0 Å². The molecule has 1 fully saturated rings. The smallest absolute Gasteiger partial charge is 0.242 e. The van der Waals surface area contributed by atoms with E-state index in [2.05, 4.69) is 47.4 Å². The fourth-order valence-electron chi connectivity index (χ4n) is 5.19. The van der Waals surface area contributed by atoms with Crippen LogP contribution in [0.1, 0.15) is 25.8 Å². The Morgan fingerprint density at radius 1 is 1.14 bits per heavy atom. The van der Waals surface area contributed by atoms with Crippen LogP contribution in [0.3, 0.4) is 0 Å². The fraction of sp³-hybridized carbons (Fsp3) is 0.379. The highest BCUT2D eigenvalue weighted by molar-refractivity contribution is 7.91. The maximum absolute atomic E-state index is 15.1. The molecule has 1 unspecified atom stereocenters. The van der Waals surface area contributed by atoms with Gasteiger partial charge in [0, 0.05) is 55.7 Å². The van der Waals surface area contributed by atoms with E-state index >= 15 is 4.39 Å². The van der Waals surface area contributed by atoms with E-state index in [4.69, 9.17) is 0 Å². The molecule has 3 N–H and O–H groups in total. The van der Waals surface area contributed by atoms with E-state index in [1.807, 2.05) is 19.9 Å². The summed E-state index contributed by atoms with van der Waals surface area (Å²) in [5.74, 6) is -0.665. The first-order valence-corrected chi connectivity index (χ1v) is 15.6. The van der Waals surface area contributed by atoms with Gasteiger partial charge >= 0.3 is 0 Å². The van der Waals surface area contributed by atoms with Gasteiger partial charge in [-0.1, -0.05) is 19.9 Å². The number of carbonyl (C=O) groups is 1. The van der Waals surface area contributed by atoms with E-state index in [0.717, 1.165) is 42.7 Å². The Labute approximate surface area is 244 Å². The van der Waals surface area contributed by atoms with Gasteiger partial charge in [0.15, 0.2) is 21.5 Å². The van der Waals surface area contributed by atoms with Crippen LogP contribution < -0.4 is 10.6 Å². The summed E-state index contributed by atoms with van der Waals surface area (Å²) in [6.07, 6.45) is 5.72. The molecule has 1 aliphatic heterocycles. The van der Waals surface area contributed by atoms with Gasteiger partial charge in [0.1, 0.15) is 4.90 Å². The molecule has 222 valence electrons. The molecule has 0 bridgehead atoms. The normalized spacial score (nSPS) is 15.5. The van der Waals surface area contributed by atoms with Crippen molar-refractivity contribution < 1.29 is 17.6 Å². The van der Waals surface area contributed by atoms with Gasteiger partial charge in [-0.3, -0.25) is 9.69 Å². The molecule has 5 rings (SSSR count). The molecule has 4 aromatic rings. The predicted octanol–water partition coefficient (Wildman–Crippen LogP) is 3.97. The molecule has 0 aliphatic carbocycles. The molecule has 0 saturated carbocycles. The number of sulfone groups is 1. The molecule has 3 aromatic heterocycles. The van der Waals surface area contributed by atoms with E-state index in [1.165, 1.54) is 25.1 Å². The predicted molar refractivity (Wildman–Crippen MR) is 161 cm³/mol. The molecular weight excluding hydrogens is 559 g/mol. The number of carbonyl (C=O) groups excluding carboxylic acids is 1. The summed E-state index contributed by atoms with van der Waals surface area (Å²) < 4.78 is 39.7. The first-order valence-electron chi connectivity index (χ1n) is 13.9. The van der Waals surface area contributed by atoms with Crippen LogP contribution >= 0.6 is 0 Å². The van der Waals surface area contributed by atoms with Gasteiger partial charge in [0.05, 0.1) is 28.7 Å². The summed E-state index contributed by atoms with van der Waals surface area (Å²) in [7, 11) is -1.66. The molecule has 4 heterocycles. The average molecular weight is 595 g/mol. The number of halogens is 1. The van der Waals surface area contributed by atoms with Crippen LogP contribution in [0.2, 0.25) is 0 Å². The van der Waals surface area contributed by atoms with E-state index in [0.29, 0.717) is 23.4 Å². The van der Waals surface area contributed by atoms with Crippen LogP contribution in [0.5, 0.6) is 0 Å². The number of amides is 1. The number of benzene rings is 1. The second-order valence-corrected chi connectivity index (χ2v) is 12.7. The molecule has 1 amide bonds. The van der Waals surface area contributed by atoms with Crippen molar-refractivity contribution >= 4 is 44.1 Å². The number of nitrogens with one attached hydrogen (secondary N) is 3.